The summed E-state index contributed by atoms with van der Waals surface area (Å²) in [4.78, 5) is 25.7. The van der Waals surface area contributed by atoms with Crippen LogP contribution in [-0.4, -0.2) is 26.9 Å². The number of fused-ring (bicyclic) bond motifs is 1. The monoisotopic (exact) mass is 460 g/mol. The smallest absolute Gasteiger partial charge is 0.254 e. The van der Waals surface area contributed by atoms with Gasteiger partial charge in [0.15, 0.2) is 0 Å². The summed E-state index contributed by atoms with van der Waals surface area (Å²) in [5.41, 5.74) is 9.63. The molecular formula is C25H28N6OS. The van der Waals surface area contributed by atoms with Crippen molar-refractivity contribution in [2.24, 2.45) is 16.6 Å². The third kappa shape index (κ3) is 3.57. The number of carbonyl (C=O) groups is 1. The van der Waals surface area contributed by atoms with E-state index in [2.05, 4.69) is 25.6 Å². The first-order valence-corrected chi connectivity index (χ1v) is 12.6. The van der Waals surface area contributed by atoms with E-state index >= 15 is 0 Å². The summed E-state index contributed by atoms with van der Waals surface area (Å²) < 4.78 is 0. The molecule has 2 spiro atoms. The second kappa shape index (κ2) is 7.52. The summed E-state index contributed by atoms with van der Waals surface area (Å²) in [6.45, 7) is 1.99. The van der Waals surface area contributed by atoms with Crippen LogP contribution >= 0.6 is 11.3 Å². The van der Waals surface area contributed by atoms with Crippen molar-refractivity contribution in [3.63, 3.8) is 0 Å². The average Bonchev–Trinajstić information content (AvgIpc) is 3.67. The van der Waals surface area contributed by atoms with E-state index in [-0.39, 0.29) is 5.56 Å². The molecule has 0 aliphatic heterocycles. The van der Waals surface area contributed by atoms with Gasteiger partial charge in [-0.1, -0.05) is 25.0 Å². The van der Waals surface area contributed by atoms with E-state index in [1.807, 2.05) is 36.6 Å². The molecule has 3 saturated carbocycles. The number of amides is 1. The summed E-state index contributed by atoms with van der Waals surface area (Å²) >= 11 is 1.62. The molecule has 3 fully saturated rings. The molecule has 7 nitrogen and oxygen atoms in total. The van der Waals surface area contributed by atoms with Crippen LogP contribution in [-0.2, 0) is 0 Å². The Bertz CT molecular complexity index is 1240. The van der Waals surface area contributed by atoms with Crippen molar-refractivity contribution < 1.29 is 4.79 Å². The van der Waals surface area contributed by atoms with Crippen LogP contribution in [0.25, 0.3) is 11.3 Å². The number of nitrogens with one attached hydrogen (secondary N) is 2. The Morgan fingerprint density at radius 3 is 2.79 bits per heavy atom. The summed E-state index contributed by atoms with van der Waals surface area (Å²) in [6.07, 6.45) is 10.8. The summed E-state index contributed by atoms with van der Waals surface area (Å²) in [6, 6.07) is 8.35. The van der Waals surface area contributed by atoms with Crippen LogP contribution in [0, 0.1) is 17.8 Å². The molecule has 3 aromatic rings. The van der Waals surface area contributed by atoms with Crippen molar-refractivity contribution in [1.29, 1.82) is 0 Å². The average molecular weight is 461 g/mol. The van der Waals surface area contributed by atoms with Crippen molar-refractivity contribution in [2.45, 2.75) is 57.9 Å². The van der Waals surface area contributed by atoms with Gasteiger partial charge >= 0.3 is 0 Å². The number of benzene rings is 1. The van der Waals surface area contributed by atoms with Gasteiger partial charge in [-0.3, -0.25) is 4.79 Å². The van der Waals surface area contributed by atoms with Crippen LogP contribution in [0.4, 0.5) is 17.5 Å². The highest BCUT2D eigenvalue weighted by molar-refractivity contribution is 7.09. The molecule has 6 rings (SSSR count). The predicted octanol–water partition coefficient (Wildman–Crippen LogP) is 5.28. The number of rotatable bonds is 6. The first-order chi connectivity index (χ1) is 16.0. The van der Waals surface area contributed by atoms with Gasteiger partial charge in [-0.05, 0) is 62.0 Å². The number of hydrogen-bond acceptors (Lipinski definition) is 7. The standard InChI is InChI=1S/C25H28N6OS/c1-15-28-19(14-33-15)16-5-4-6-17(11-16)29-22-18(21(26)32)13-27-23(31-22)30-20-12-25(20)8-3-2-7-24(25)9-10-24/h4-6,11,13-14,20H,2-3,7-10,12H2,1H3,(H2,26,32)(H2,27,29,30,31). The number of aryl methyl sites for hydroxylation is 1. The Labute approximate surface area is 197 Å². The van der Waals surface area contributed by atoms with Crippen LogP contribution in [0.5, 0.6) is 0 Å². The van der Waals surface area contributed by atoms with Gasteiger partial charge in [0.2, 0.25) is 5.95 Å². The third-order valence-electron chi connectivity index (χ3n) is 7.91. The van der Waals surface area contributed by atoms with E-state index in [0.29, 0.717) is 28.6 Å². The van der Waals surface area contributed by atoms with E-state index in [0.717, 1.165) is 22.0 Å². The largest absolute Gasteiger partial charge is 0.365 e. The van der Waals surface area contributed by atoms with Gasteiger partial charge in [0.1, 0.15) is 11.4 Å². The van der Waals surface area contributed by atoms with Gasteiger partial charge in [-0.15, -0.1) is 11.3 Å². The second-order valence-corrected chi connectivity index (χ2v) is 10.9. The number of hydrogen-bond donors (Lipinski definition) is 3. The van der Waals surface area contributed by atoms with Crippen LogP contribution in [0.2, 0.25) is 0 Å². The van der Waals surface area contributed by atoms with Gasteiger partial charge < -0.3 is 16.4 Å². The number of nitrogens with two attached hydrogens (primary N) is 1. The van der Waals surface area contributed by atoms with Crippen molar-refractivity contribution in [1.82, 2.24) is 15.0 Å². The van der Waals surface area contributed by atoms with Crippen LogP contribution < -0.4 is 16.4 Å². The number of nitrogens with zero attached hydrogens (tertiary/aromatic N) is 3. The number of primary amides is 1. The van der Waals surface area contributed by atoms with Gasteiger partial charge in [0.25, 0.3) is 5.91 Å². The predicted molar refractivity (Wildman–Crippen MR) is 131 cm³/mol. The maximum Gasteiger partial charge on any atom is 0.254 e. The molecule has 1 aromatic carbocycles. The Kier molecular flexibility index (Phi) is 4.69. The Morgan fingerprint density at radius 2 is 2.03 bits per heavy atom. The van der Waals surface area contributed by atoms with Crippen molar-refractivity contribution in [3.05, 3.63) is 46.4 Å². The van der Waals surface area contributed by atoms with E-state index < -0.39 is 5.91 Å². The lowest BCUT2D eigenvalue weighted by Crippen LogP contribution is -2.28. The molecule has 2 aromatic heterocycles. The first kappa shape index (κ1) is 20.6. The minimum atomic E-state index is -0.553. The maximum atomic E-state index is 12.1. The quantitative estimate of drug-likeness (QED) is 0.462. The molecule has 3 aliphatic carbocycles. The Morgan fingerprint density at radius 1 is 1.18 bits per heavy atom. The number of aromatic nitrogens is 3. The van der Waals surface area contributed by atoms with Crippen molar-refractivity contribution in [2.75, 3.05) is 10.6 Å². The lowest BCUT2D eigenvalue weighted by atomic mass is 9.73. The zero-order valence-corrected chi connectivity index (χ0v) is 19.5. The zero-order chi connectivity index (χ0) is 22.6. The molecule has 1 amide bonds. The molecule has 170 valence electrons. The van der Waals surface area contributed by atoms with Gasteiger partial charge in [-0.25, -0.2) is 9.97 Å². The molecule has 2 heterocycles. The second-order valence-electron chi connectivity index (χ2n) is 9.82. The topological polar surface area (TPSA) is 106 Å². The molecule has 0 radical (unpaired) electrons. The van der Waals surface area contributed by atoms with E-state index in [1.54, 1.807) is 11.3 Å². The van der Waals surface area contributed by atoms with Crippen molar-refractivity contribution >= 4 is 34.7 Å². The number of carbonyl (C=O) groups excluding carboxylic acids is 1. The highest BCUT2D eigenvalue weighted by Crippen LogP contribution is 2.76. The molecule has 0 saturated heterocycles. The first-order valence-electron chi connectivity index (χ1n) is 11.7. The zero-order valence-electron chi connectivity index (χ0n) is 18.7. The third-order valence-corrected chi connectivity index (χ3v) is 8.68. The van der Waals surface area contributed by atoms with E-state index in [1.165, 1.54) is 51.1 Å². The Hall–Kier alpha value is -3.00. The van der Waals surface area contributed by atoms with Crippen LogP contribution in [0.15, 0.2) is 35.8 Å². The van der Waals surface area contributed by atoms with E-state index in [4.69, 9.17) is 5.73 Å². The number of anilines is 3. The molecule has 4 N–H and O–H groups in total. The molecule has 2 atom stereocenters. The molecule has 2 unspecified atom stereocenters. The minimum Gasteiger partial charge on any atom is -0.365 e. The SMILES string of the molecule is Cc1nc(-c2cccc(Nc3nc(NC4CC45CCCCC54CC4)ncc3C(N)=O)c2)cs1. The van der Waals surface area contributed by atoms with Gasteiger partial charge in [0.05, 0.1) is 10.7 Å². The summed E-state index contributed by atoms with van der Waals surface area (Å²) in [5.74, 6) is 0.422. The molecular weight excluding hydrogens is 432 g/mol. The fourth-order valence-corrected chi connectivity index (χ4v) is 6.57. The fraction of sp³-hybridized carbons (Fsp3) is 0.440. The minimum absolute atomic E-state index is 0.275. The molecule has 3 aliphatic rings. The molecule has 8 heteroatoms. The summed E-state index contributed by atoms with van der Waals surface area (Å²) in [5, 5.41) is 9.93. The number of thiazole rings is 1. The lowest BCUT2D eigenvalue weighted by Gasteiger charge is -2.33. The lowest BCUT2D eigenvalue weighted by molar-refractivity contribution is 0.100. The fourth-order valence-electron chi connectivity index (χ4n) is 5.95. The Balaban J connectivity index is 1.25. The molecule has 0 bridgehead atoms. The summed E-state index contributed by atoms with van der Waals surface area (Å²) in [7, 11) is 0. The van der Waals surface area contributed by atoms with Crippen LogP contribution in [0.3, 0.4) is 0 Å². The normalized spacial score (nSPS) is 24.6. The highest BCUT2D eigenvalue weighted by atomic mass is 32.1. The van der Waals surface area contributed by atoms with Crippen LogP contribution in [0.1, 0.15) is 60.3 Å². The molecule has 33 heavy (non-hydrogen) atoms. The highest BCUT2D eigenvalue weighted by Gasteiger charge is 2.71. The maximum absolute atomic E-state index is 12.1. The van der Waals surface area contributed by atoms with Gasteiger partial charge in [0, 0.05) is 28.9 Å². The van der Waals surface area contributed by atoms with Crippen molar-refractivity contribution in [3.8, 4) is 11.3 Å². The van der Waals surface area contributed by atoms with E-state index in [9.17, 15) is 4.79 Å². The van der Waals surface area contributed by atoms with Gasteiger partial charge in [-0.2, -0.15) is 4.98 Å².